The summed E-state index contributed by atoms with van der Waals surface area (Å²) in [7, 11) is -4.17. The van der Waals surface area contributed by atoms with E-state index in [0.717, 1.165) is 47.5 Å². The van der Waals surface area contributed by atoms with Gasteiger partial charge in [0.05, 0.1) is 10.6 Å². The summed E-state index contributed by atoms with van der Waals surface area (Å²) in [5.74, 6) is -0.832. The van der Waals surface area contributed by atoms with Gasteiger partial charge in [0.1, 0.15) is 12.6 Å². The predicted octanol–water partition coefficient (Wildman–Crippen LogP) is 7.45. The van der Waals surface area contributed by atoms with Gasteiger partial charge in [-0.15, -0.1) is 0 Å². The summed E-state index contributed by atoms with van der Waals surface area (Å²) in [4.78, 5) is 30.3. The zero-order valence-corrected chi connectivity index (χ0v) is 28.6. The van der Waals surface area contributed by atoms with Gasteiger partial charge in [-0.05, 0) is 72.4 Å². The number of sulfonamides is 1. The standard InChI is InChI=1S/C37H39Cl2N3O4S/c1-2-27-17-21-32(22-18-27)42(47(45,46)33-15-7-4-8-16-33)26-36(43)41(25-29-19-20-30(38)24-34(29)39)35(23-28-11-5-3-6-12-28)37(44)40-31-13-9-10-14-31/h3-8,11-12,15-22,24,31,35H,2,9-10,13-14,23,25-26H2,1H3,(H,40,44)/t35-/m1/s1. The van der Waals surface area contributed by atoms with E-state index in [1.54, 1.807) is 48.5 Å². The average Bonchev–Trinajstić information content (AvgIpc) is 3.60. The molecule has 1 saturated carbocycles. The molecule has 47 heavy (non-hydrogen) atoms. The number of rotatable bonds is 13. The SMILES string of the molecule is CCc1ccc(N(CC(=O)N(Cc2ccc(Cl)cc2Cl)[C@H](Cc2ccccc2)C(=O)NC2CCCC2)S(=O)(=O)c2ccccc2)cc1. The summed E-state index contributed by atoms with van der Waals surface area (Å²) >= 11 is 12.8. The Morgan fingerprint density at radius 1 is 0.851 bits per heavy atom. The van der Waals surface area contributed by atoms with Gasteiger partial charge < -0.3 is 10.2 Å². The first-order valence-electron chi connectivity index (χ1n) is 15.9. The molecule has 0 unspecified atom stereocenters. The molecule has 0 bridgehead atoms. The molecular formula is C37H39Cl2N3O4S. The monoisotopic (exact) mass is 691 g/mol. The topological polar surface area (TPSA) is 86.8 Å². The molecule has 0 heterocycles. The van der Waals surface area contributed by atoms with Gasteiger partial charge in [-0.2, -0.15) is 0 Å². The fourth-order valence-corrected chi connectivity index (χ4v) is 7.80. The Morgan fingerprint density at radius 3 is 2.11 bits per heavy atom. The zero-order valence-electron chi connectivity index (χ0n) is 26.3. The van der Waals surface area contributed by atoms with Crippen LogP contribution in [-0.4, -0.2) is 43.8 Å². The molecule has 10 heteroatoms. The summed E-state index contributed by atoms with van der Waals surface area (Å²) < 4.78 is 29.4. The van der Waals surface area contributed by atoms with E-state index < -0.39 is 28.5 Å². The largest absolute Gasteiger partial charge is 0.352 e. The van der Waals surface area contributed by atoms with Crippen LogP contribution in [-0.2, 0) is 39.0 Å². The van der Waals surface area contributed by atoms with E-state index in [-0.39, 0.29) is 29.8 Å². The number of hydrogen-bond donors (Lipinski definition) is 1. The molecule has 1 aliphatic rings. The number of hydrogen-bond acceptors (Lipinski definition) is 4. The van der Waals surface area contributed by atoms with Gasteiger partial charge in [-0.25, -0.2) is 8.42 Å². The number of halogens is 2. The summed E-state index contributed by atoms with van der Waals surface area (Å²) in [6, 6.07) is 28.7. The van der Waals surface area contributed by atoms with E-state index >= 15 is 0 Å². The van der Waals surface area contributed by atoms with Crippen molar-refractivity contribution in [3.8, 4) is 0 Å². The van der Waals surface area contributed by atoms with E-state index in [4.69, 9.17) is 23.2 Å². The summed E-state index contributed by atoms with van der Waals surface area (Å²) in [5.41, 5.74) is 2.82. The van der Waals surface area contributed by atoms with Crippen LogP contribution in [0.25, 0.3) is 0 Å². The van der Waals surface area contributed by atoms with E-state index in [1.165, 1.54) is 17.0 Å². The molecule has 4 aromatic rings. The first-order chi connectivity index (χ1) is 22.7. The van der Waals surface area contributed by atoms with Crippen molar-refractivity contribution in [2.45, 2.75) is 69.0 Å². The van der Waals surface area contributed by atoms with Crippen LogP contribution in [0.15, 0.2) is 108 Å². The molecule has 4 aromatic carbocycles. The number of carbonyl (C=O) groups is 2. The van der Waals surface area contributed by atoms with Gasteiger partial charge >= 0.3 is 0 Å². The second-order valence-electron chi connectivity index (χ2n) is 11.8. The highest BCUT2D eigenvalue weighted by Gasteiger charge is 2.35. The lowest BCUT2D eigenvalue weighted by molar-refractivity contribution is -0.140. The number of amides is 2. The number of anilines is 1. The smallest absolute Gasteiger partial charge is 0.264 e. The number of benzene rings is 4. The Hall–Kier alpha value is -3.85. The van der Waals surface area contributed by atoms with Crippen molar-refractivity contribution < 1.29 is 18.0 Å². The number of aryl methyl sites for hydroxylation is 1. The summed E-state index contributed by atoms with van der Waals surface area (Å²) in [6.45, 7) is 1.45. The van der Waals surface area contributed by atoms with Crippen molar-refractivity contribution >= 4 is 50.7 Å². The molecule has 5 rings (SSSR count). The molecule has 0 aliphatic heterocycles. The number of carbonyl (C=O) groups excluding carboxylic acids is 2. The molecule has 0 aromatic heterocycles. The van der Waals surface area contributed by atoms with Crippen molar-refractivity contribution in [2.24, 2.45) is 0 Å². The lowest BCUT2D eigenvalue weighted by Crippen LogP contribution is -2.54. The third-order valence-electron chi connectivity index (χ3n) is 8.57. The van der Waals surface area contributed by atoms with Crippen LogP contribution < -0.4 is 9.62 Å². The minimum atomic E-state index is -4.17. The molecule has 1 N–H and O–H groups in total. The van der Waals surface area contributed by atoms with E-state index in [1.807, 2.05) is 49.4 Å². The zero-order chi connectivity index (χ0) is 33.4. The molecule has 0 saturated heterocycles. The Kier molecular flexibility index (Phi) is 11.6. The van der Waals surface area contributed by atoms with Crippen LogP contribution in [0.4, 0.5) is 5.69 Å². The Labute approximate surface area is 287 Å². The molecule has 1 fully saturated rings. The first-order valence-corrected chi connectivity index (χ1v) is 18.1. The van der Waals surface area contributed by atoms with Gasteiger partial charge in [-0.1, -0.05) is 110 Å². The van der Waals surface area contributed by atoms with Crippen LogP contribution >= 0.6 is 23.2 Å². The third kappa shape index (κ3) is 8.74. The van der Waals surface area contributed by atoms with Crippen molar-refractivity contribution in [1.82, 2.24) is 10.2 Å². The number of nitrogens with one attached hydrogen (secondary N) is 1. The normalized spacial score (nSPS) is 14.0. The Morgan fingerprint density at radius 2 is 1.49 bits per heavy atom. The minimum Gasteiger partial charge on any atom is -0.352 e. The fourth-order valence-electron chi connectivity index (χ4n) is 5.90. The van der Waals surface area contributed by atoms with Crippen LogP contribution in [0.1, 0.15) is 49.3 Å². The van der Waals surface area contributed by atoms with Gasteiger partial charge in [0.15, 0.2) is 0 Å². The van der Waals surface area contributed by atoms with Crippen molar-refractivity contribution in [1.29, 1.82) is 0 Å². The van der Waals surface area contributed by atoms with Gasteiger partial charge in [0.25, 0.3) is 10.0 Å². The second kappa shape index (κ2) is 15.8. The summed E-state index contributed by atoms with van der Waals surface area (Å²) in [6.07, 6.45) is 4.81. The average molecular weight is 693 g/mol. The maximum Gasteiger partial charge on any atom is 0.264 e. The van der Waals surface area contributed by atoms with E-state index in [0.29, 0.717) is 21.3 Å². The lowest BCUT2D eigenvalue weighted by Gasteiger charge is -2.34. The third-order valence-corrected chi connectivity index (χ3v) is 10.9. The van der Waals surface area contributed by atoms with E-state index in [2.05, 4.69) is 5.32 Å². The van der Waals surface area contributed by atoms with Crippen LogP contribution in [0.2, 0.25) is 10.0 Å². The first kappa shape index (κ1) is 34.5. The van der Waals surface area contributed by atoms with Gasteiger partial charge in [0.2, 0.25) is 11.8 Å². The molecule has 246 valence electrons. The highest BCUT2D eigenvalue weighted by Crippen LogP contribution is 2.28. The molecular weight excluding hydrogens is 653 g/mol. The predicted molar refractivity (Wildman–Crippen MR) is 188 cm³/mol. The molecule has 7 nitrogen and oxygen atoms in total. The minimum absolute atomic E-state index is 0.0175. The quantitative estimate of drug-likeness (QED) is 0.158. The lowest BCUT2D eigenvalue weighted by atomic mass is 10.0. The van der Waals surface area contributed by atoms with Crippen molar-refractivity contribution in [2.75, 3.05) is 10.8 Å². The highest BCUT2D eigenvalue weighted by molar-refractivity contribution is 7.92. The maximum absolute atomic E-state index is 14.7. The van der Waals surface area contributed by atoms with Crippen LogP contribution in [0, 0.1) is 0 Å². The van der Waals surface area contributed by atoms with Gasteiger partial charge in [-0.3, -0.25) is 13.9 Å². The highest BCUT2D eigenvalue weighted by atomic mass is 35.5. The maximum atomic E-state index is 14.7. The second-order valence-corrected chi connectivity index (χ2v) is 14.5. The van der Waals surface area contributed by atoms with Crippen molar-refractivity contribution in [3.05, 3.63) is 130 Å². The summed E-state index contributed by atoms with van der Waals surface area (Å²) in [5, 5.41) is 3.96. The molecule has 0 radical (unpaired) electrons. The molecule has 2 amide bonds. The molecule has 0 spiro atoms. The fraction of sp³-hybridized carbons (Fsp3) is 0.297. The van der Waals surface area contributed by atoms with Crippen LogP contribution in [0.5, 0.6) is 0 Å². The number of nitrogens with zero attached hydrogens (tertiary/aromatic N) is 2. The molecule has 1 atom stereocenters. The van der Waals surface area contributed by atoms with E-state index in [9.17, 15) is 18.0 Å². The Bertz CT molecular complexity index is 1760. The van der Waals surface area contributed by atoms with Gasteiger partial charge in [0, 0.05) is 29.1 Å². The molecule has 1 aliphatic carbocycles. The van der Waals surface area contributed by atoms with Crippen molar-refractivity contribution in [3.63, 3.8) is 0 Å². The Balaban J connectivity index is 1.58. The van der Waals surface area contributed by atoms with Crippen LogP contribution in [0.3, 0.4) is 0 Å².